The normalized spacial score (nSPS) is 10.1. The van der Waals surface area contributed by atoms with Gasteiger partial charge in [0.1, 0.15) is 6.20 Å². The zero-order valence-corrected chi connectivity index (χ0v) is 8.62. The molecule has 2 aromatic rings. The van der Waals surface area contributed by atoms with Gasteiger partial charge in [0.2, 0.25) is 0 Å². The first-order valence-electron chi connectivity index (χ1n) is 4.70. The molecule has 0 unspecified atom stereocenters. The molecular weight excluding hydrogens is 206 g/mol. The van der Waals surface area contributed by atoms with Gasteiger partial charge >= 0.3 is 5.82 Å². The molecule has 0 aliphatic rings. The van der Waals surface area contributed by atoms with Crippen molar-refractivity contribution in [1.29, 1.82) is 0 Å². The largest absolute Gasteiger partial charge is 0.371 e. The van der Waals surface area contributed by atoms with Gasteiger partial charge in [-0.1, -0.05) is 0 Å². The molecule has 16 heavy (non-hydrogen) atoms. The Balaban J connectivity index is 2.63. The average molecular weight is 215 g/mol. The number of hydrogen-bond donors (Lipinski definition) is 0. The van der Waals surface area contributed by atoms with Gasteiger partial charge < -0.3 is 10.1 Å². The zero-order chi connectivity index (χ0) is 11.5. The van der Waals surface area contributed by atoms with Crippen LogP contribution in [0, 0.1) is 17.0 Å². The molecule has 0 aromatic carbocycles. The van der Waals surface area contributed by atoms with Crippen molar-refractivity contribution in [3.63, 3.8) is 0 Å². The van der Waals surface area contributed by atoms with Crippen molar-refractivity contribution in [2.75, 3.05) is 0 Å². The van der Waals surface area contributed by atoms with Gasteiger partial charge in [-0.15, -0.1) is 0 Å². The lowest BCUT2D eigenvalue weighted by molar-refractivity contribution is -0.388. The Hall–Kier alpha value is -2.30. The fourth-order valence-electron chi connectivity index (χ4n) is 1.45. The molecule has 0 saturated carbocycles. The molecule has 2 heterocycles. The summed E-state index contributed by atoms with van der Waals surface area (Å²) in [5.74, 6) is -0.128. The quantitative estimate of drug-likeness (QED) is 0.569. The summed E-state index contributed by atoms with van der Waals surface area (Å²) in [6.45, 7) is 1.85. The van der Waals surface area contributed by atoms with Crippen LogP contribution in [0.15, 0.2) is 36.8 Å². The molecule has 0 radical (unpaired) electrons. The van der Waals surface area contributed by atoms with E-state index in [-0.39, 0.29) is 5.82 Å². The zero-order valence-electron chi connectivity index (χ0n) is 8.62. The van der Waals surface area contributed by atoms with Crippen LogP contribution in [0.5, 0.6) is 0 Å². The molecule has 0 saturated heterocycles. The lowest BCUT2D eigenvalue weighted by Gasteiger charge is -2.02. The predicted octanol–water partition coefficient (Wildman–Crippen LogP) is 2.36. The molecule has 2 aromatic heterocycles. The van der Waals surface area contributed by atoms with Gasteiger partial charge in [-0.05, 0) is 46.2 Å². The minimum absolute atomic E-state index is 0.128. The molecule has 5 heteroatoms. The Labute approximate surface area is 91.9 Å². The van der Waals surface area contributed by atoms with Crippen molar-refractivity contribution in [3.8, 4) is 11.1 Å². The SMILES string of the molecule is Cc1cnc([N+](=O)[O-])c(-c2ccncc2)c1. The molecule has 0 spiro atoms. The van der Waals surface area contributed by atoms with Crippen molar-refractivity contribution in [3.05, 3.63) is 52.5 Å². The van der Waals surface area contributed by atoms with Crippen LogP contribution in [0.3, 0.4) is 0 Å². The van der Waals surface area contributed by atoms with Crippen molar-refractivity contribution in [2.24, 2.45) is 0 Å². The van der Waals surface area contributed by atoms with E-state index in [2.05, 4.69) is 9.97 Å². The van der Waals surface area contributed by atoms with Crippen LogP contribution in [-0.2, 0) is 0 Å². The first-order valence-corrected chi connectivity index (χ1v) is 4.70. The van der Waals surface area contributed by atoms with E-state index < -0.39 is 4.92 Å². The van der Waals surface area contributed by atoms with Crippen molar-refractivity contribution >= 4 is 5.82 Å². The molecule has 2 rings (SSSR count). The van der Waals surface area contributed by atoms with Crippen LogP contribution in [0.25, 0.3) is 11.1 Å². The minimum atomic E-state index is -0.477. The van der Waals surface area contributed by atoms with Gasteiger partial charge in [0.25, 0.3) is 0 Å². The highest BCUT2D eigenvalue weighted by molar-refractivity contribution is 5.71. The van der Waals surface area contributed by atoms with E-state index in [0.717, 1.165) is 11.1 Å². The van der Waals surface area contributed by atoms with E-state index in [0.29, 0.717) is 5.56 Å². The maximum absolute atomic E-state index is 10.8. The molecule has 0 bridgehead atoms. The molecule has 5 nitrogen and oxygen atoms in total. The Morgan fingerprint density at radius 3 is 2.62 bits per heavy atom. The third-order valence-electron chi connectivity index (χ3n) is 2.17. The topological polar surface area (TPSA) is 68.9 Å². The van der Waals surface area contributed by atoms with E-state index in [4.69, 9.17) is 0 Å². The summed E-state index contributed by atoms with van der Waals surface area (Å²) in [5, 5.41) is 10.8. The average Bonchev–Trinajstić information content (AvgIpc) is 2.29. The van der Waals surface area contributed by atoms with Crippen LogP contribution in [0.1, 0.15) is 5.56 Å². The minimum Gasteiger partial charge on any atom is -0.358 e. The number of nitrogens with zero attached hydrogens (tertiary/aromatic N) is 3. The standard InChI is InChI=1S/C11H9N3O2/c1-8-6-10(9-2-4-12-5-3-9)11(13-7-8)14(15)16/h2-7H,1H3. The van der Waals surface area contributed by atoms with Crippen LogP contribution >= 0.6 is 0 Å². The molecular formula is C11H9N3O2. The van der Waals surface area contributed by atoms with E-state index in [1.807, 2.05) is 6.92 Å². The number of hydrogen-bond acceptors (Lipinski definition) is 4. The predicted molar refractivity (Wildman–Crippen MR) is 58.9 cm³/mol. The summed E-state index contributed by atoms with van der Waals surface area (Å²) in [4.78, 5) is 18.1. The number of aryl methyl sites for hydroxylation is 1. The summed E-state index contributed by atoms with van der Waals surface area (Å²) >= 11 is 0. The summed E-state index contributed by atoms with van der Waals surface area (Å²) in [7, 11) is 0. The lowest BCUT2D eigenvalue weighted by Crippen LogP contribution is -1.96. The van der Waals surface area contributed by atoms with Gasteiger partial charge in [0, 0.05) is 12.4 Å². The molecule has 0 aliphatic heterocycles. The van der Waals surface area contributed by atoms with Crippen LogP contribution in [0.4, 0.5) is 5.82 Å². The number of aromatic nitrogens is 2. The van der Waals surface area contributed by atoms with E-state index in [1.54, 1.807) is 30.6 Å². The fraction of sp³-hybridized carbons (Fsp3) is 0.0909. The number of pyridine rings is 2. The maximum atomic E-state index is 10.8. The van der Waals surface area contributed by atoms with Crippen LogP contribution in [0.2, 0.25) is 0 Å². The van der Waals surface area contributed by atoms with Gasteiger partial charge in [0.15, 0.2) is 0 Å². The Morgan fingerprint density at radius 2 is 2.00 bits per heavy atom. The van der Waals surface area contributed by atoms with Crippen molar-refractivity contribution in [2.45, 2.75) is 6.92 Å². The molecule has 0 N–H and O–H groups in total. The second kappa shape index (κ2) is 4.06. The highest BCUT2D eigenvalue weighted by Crippen LogP contribution is 2.27. The van der Waals surface area contributed by atoms with Gasteiger partial charge in [0.05, 0.1) is 5.56 Å². The van der Waals surface area contributed by atoms with Gasteiger partial charge in [-0.3, -0.25) is 4.98 Å². The second-order valence-electron chi connectivity index (χ2n) is 3.38. The summed E-state index contributed by atoms with van der Waals surface area (Å²) in [6.07, 6.45) is 4.69. The maximum Gasteiger partial charge on any atom is 0.371 e. The van der Waals surface area contributed by atoms with Crippen LogP contribution < -0.4 is 0 Å². The molecule has 0 amide bonds. The first-order chi connectivity index (χ1) is 7.68. The fourth-order valence-corrected chi connectivity index (χ4v) is 1.45. The number of nitro groups is 1. The van der Waals surface area contributed by atoms with Crippen molar-refractivity contribution < 1.29 is 4.92 Å². The summed E-state index contributed by atoms with van der Waals surface area (Å²) in [6, 6.07) is 5.20. The monoisotopic (exact) mass is 215 g/mol. The van der Waals surface area contributed by atoms with Crippen LogP contribution in [-0.4, -0.2) is 14.9 Å². The van der Waals surface area contributed by atoms with E-state index in [9.17, 15) is 10.1 Å². The Kier molecular flexibility index (Phi) is 2.59. The smallest absolute Gasteiger partial charge is 0.358 e. The Bertz CT molecular complexity index is 526. The molecule has 80 valence electrons. The van der Waals surface area contributed by atoms with Gasteiger partial charge in [-0.2, -0.15) is 0 Å². The van der Waals surface area contributed by atoms with Gasteiger partial charge in [-0.25, -0.2) is 0 Å². The second-order valence-corrected chi connectivity index (χ2v) is 3.38. The van der Waals surface area contributed by atoms with E-state index >= 15 is 0 Å². The molecule has 0 fully saturated rings. The van der Waals surface area contributed by atoms with Crippen molar-refractivity contribution in [1.82, 2.24) is 9.97 Å². The summed E-state index contributed by atoms with van der Waals surface area (Å²) in [5.41, 5.74) is 2.16. The first kappa shape index (κ1) is 10.2. The molecule has 0 atom stereocenters. The lowest BCUT2D eigenvalue weighted by atomic mass is 10.1. The third kappa shape index (κ3) is 1.88. The molecule has 0 aliphatic carbocycles. The highest BCUT2D eigenvalue weighted by atomic mass is 16.6. The van der Waals surface area contributed by atoms with E-state index in [1.165, 1.54) is 6.20 Å². The Morgan fingerprint density at radius 1 is 1.31 bits per heavy atom. The third-order valence-corrected chi connectivity index (χ3v) is 2.17. The number of rotatable bonds is 2. The highest BCUT2D eigenvalue weighted by Gasteiger charge is 2.16. The summed E-state index contributed by atoms with van der Waals surface area (Å²) < 4.78 is 0.